The van der Waals surface area contributed by atoms with Gasteiger partial charge in [-0.2, -0.15) is 0 Å². The van der Waals surface area contributed by atoms with Crippen LogP contribution in [-0.4, -0.2) is 18.6 Å². The Kier molecular flexibility index (Phi) is 6.21. The Hall–Kier alpha value is -2.99. The topological polar surface area (TPSA) is 76.7 Å². The summed E-state index contributed by atoms with van der Waals surface area (Å²) < 4.78 is 10.9. The Morgan fingerprint density at radius 3 is 2.54 bits per heavy atom. The molecule has 1 unspecified atom stereocenters. The number of urea groups is 1. The molecule has 1 aliphatic heterocycles. The smallest absolute Gasteiger partial charge is 0.338 e. The number of hydrogen-bond donors (Lipinski definition) is 2. The molecule has 1 atom stereocenters. The van der Waals surface area contributed by atoms with E-state index in [0.717, 1.165) is 11.1 Å². The van der Waals surface area contributed by atoms with Gasteiger partial charge >= 0.3 is 12.0 Å². The predicted molar refractivity (Wildman–Crippen MR) is 106 cm³/mol. The minimum absolute atomic E-state index is 0.255. The van der Waals surface area contributed by atoms with Gasteiger partial charge < -0.3 is 20.1 Å². The van der Waals surface area contributed by atoms with Crippen LogP contribution in [-0.2, 0) is 16.1 Å². The highest BCUT2D eigenvalue weighted by Gasteiger charge is 2.32. The van der Waals surface area contributed by atoms with Crippen LogP contribution >= 0.6 is 11.6 Å². The first-order chi connectivity index (χ1) is 13.5. The van der Waals surface area contributed by atoms with Crippen LogP contribution in [0.15, 0.2) is 59.8 Å². The molecule has 0 aliphatic carbocycles. The zero-order valence-corrected chi connectivity index (χ0v) is 16.4. The van der Waals surface area contributed by atoms with E-state index in [1.165, 1.54) is 0 Å². The van der Waals surface area contributed by atoms with Crippen molar-refractivity contribution in [2.75, 3.05) is 6.61 Å². The third kappa shape index (κ3) is 4.46. The molecule has 2 aromatic rings. The molecule has 1 aliphatic rings. The number of benzene rings is 2. The van der Waals surface area contributed by atoms with E-state index in [4.69, 9.17) is 21.1 Å². The number of hydrogen-bond acceptors (Lipinski definition) is 4. The van der Waals surface area contributed by atoms with Crippen LogP contribution in [0.4, 0.5) is 4.79 Å². The van der Waals surface area contributed by atoms with Gasteiger partial charge in [0.25, 0.3) is 0 Å². The molecular weight excluding hydrogens is 380 g/mol. The molecule has 0 saturated heterocycles. The van der Waals surface area contributed by atoms with Crippen molar-refractivity contribution >= 4 is 23.6 Å². The number of ether oxygens (including phenoxy) is 2. The van der Waals surface area contributed by atoms with Gasteiger partial charge in [0.1, 0.15) is 12.4 Å². The molecule has 2 N–H and O–H groups in total. The summed E-state index contributed by atoms with van der Waals surface area (Å²) >= 11 is 6.14. The lowest BCUT2D eigenvalue weighted by Crippen LogP contribution is -2.45. The fraction of sp³-hybridized carbons (Fsp3) is 0.238. The summed E-state index contributed by atoms with van der Waals surface area (Å²) in [6.07, 6.45) is 0. The highest BCUT2D eigenvalue weighted by molar-refractivity contribution is 6.31. The lowest BCUT2D eigenvalue weighted by atomic mass is 9.95. The summed E-state index contributed by atoms with van der Waals surface area (Å²) in [6.45, 7) is 4.02. The van der Waals surface area contributed by atoms with Crippen LogP contribution in [0.2, 0.25) is 5.02 Å². The fourth-order valence-corrected chi connectivity index (χ4v) is 3.15. The molecule has 0 fully saturated rings. The van der Waals surface area contributed by atoms with E-state index in [2.05, 4.69) is 10.6 Å². The van der Waals surface area contributed by atoms with E-state index in [1.807, 2.05) is 36.4 Å². The lowest BCUT2D eigenvalue weighted by molar-refractivity contribution is -0.139. The van der Waals surface area contributed by atoms with Gasteiger partial charge in [-0.15, -0.1) is 0 Å². The largest absolute Gasteiger partial charge is 0.489 e. The van der Waals surface area contributed by atoms with Gasteiger partial charge in [-0.25, -0.2) is 9.59 Å². The number of carbonyl (C=O) groups is 2. The van der Waals surface area contributed by atoms with E-state index in [-0.39, 0.29) is 12.6 Å². The fourth-order valence-electron chi connectivity index (χ4n) is 2.96. The number of carbonyl (C=O) groups excluding carboxylic acids is 2. The number of esters is 1. The van der Waals surface area contributed by atoms with E-state index in [0.29, 0.717) is 28.6 Å². The molecule has 3 rings (SSSR count). The third-order valence-electron chi connectivity index (χ3n) is 4.33. The maximum absolute atomic E-state index is 12.3. The van der Waals surface area contributed by atoms with Crippen LogP contribution in [0.1, 0.15) is 31.0 Å². The van der Waals surface area contributed by atoms with Crippen LogP contribution in [0, 0.1) is 0 Å². The van der Waals surface area contributed by atoms with E-state index in [1.54, 1.807) is 26.0 Å². The molecule has 0 spiro atoms. The highest BCUT2D eigenvalue weighted by Crippen LogP contribution is 2.29. The van der Waals surface area contributed by atoms with Crippen LogP contribution < -0.4 is 15.4 Å². The highest BCUT2D eigenvalue weighted by atomic mass is 35.5. The van der Waals surface area contributed by atoms with E-state index < -0.39 is 12.0 Å². The molecule has 0 aromatic heterocycles. The maximum atomic E-state index is 12.3. The molecule has 2 aromatic carbocycles. The van der Waals surface area contributed by atoms with Crippen molar-refractivity contribution in [1.29, 1.82) is 0 Å². The Balaban J connectivity index is 1.77. The Bertz CT molecular complexity index is 909. The number of amides is 2. The van der Waals surface area contributed by atoms with Gasteiger partial charge in [0.15, 0.2) is 0 Å². The summed E-state index contributed by atoms with van der Waals surface area (Å²) in [5.74, 6) is 0.193. The summed E-state index contributed by atoms with van der Waals surface area (Å²) in [6, 6.07) is 13.7. The standard InChI is InChI=1S/C21H21ClN2O4/c1-3-27-20(25)18-13(2)23-21(26)24-19(18)14-8-10-16(11-9-14)28-12-15-6-4-5-7-17(15)22/h4-11,19H,3,12H2,1-2H3,(H2,23,24,26). The third-order valence-corrected chi connectivity index (χ3v) is 4.70. The molecule has 1 heterocycles. The summed E-state index contributed by atoms with van der Waals surface area (Å²) in [5.41, 5.74) is 2.50. The van der Waals surface area contributed by atoms with Gasteiger partial charge in [-0.05, 0) is 37.6 Å². The quantitative estimate of drug-likeness (QED) is 0.715. The molecule has 146 valence electrons. The second-order valence-electron chi connectivity index (χ2n) is 6.24. The zero-order chi connectivity index (χ0) is 20.1. The summed E-state index contributed by atoms with van der Waals surface area (Å²) in [4.78, 5) is 24.2. The first-order valence-electron chi connectivity index (χ1n) is 8.91. The molecule has 7 heteroatoms. The van der Waals surface area contributed by atoms with Gasteiger partial charge in [0.2, 0.25) is 0 Å². The molecule has 2 amide bonds. The SMILES string of the molecule is CCOC(=O)C1=C(C)NC(=O)NC1c1ccc(OCc2ccccc2Cl)cc1. The van der Waals surface area contributed by atoms with E-state index >= 15 is 0 Å². The molecule has 0 saturated carbocycles. The van der Waals surface area contributed by atoms with Crippen molar-refractivity contribution < 1.29 is 19.1 Å². The lowest BCUT2D eigenvalue weighted by Gasteiger charge is -2.28. The van der Waals surface area contributed by atoms with Crippen molar-refractivity contribution in [2.24, 2.45) is 0 Å². The van der Waals surface area contributed by atoms with Crippen molar-refractivity contribution in [2.45, 2.75) is 26.5 Å². The molecule has 0 bridgehead atoms. The number of halogens is 1. The van der Waals surface area contributed by atoms with Gasteiger partial charge in [-0.3, -0.25) is 0 Å². The summed E-state index contributed by atoms with van der Waals surface area (Å²) in [7, 11) is 0. The van der Waals surface area contributed by atoms with Gasteiger partial charge in [0, 0.05) is 16.3 Å². The number of rotatable bonds is 6. The summed E-state index contributed by atoms with van der Waals surface area (Å²) in [5, 5.41) is 6.03. The maximum Gasteiger partial charge on any atom is 0.338 e. The zero-order valence-electron chi connectivity index (χ0n) is 15.6. The van der Waals surface area contributed by atoms with E-state index in [9.17, 15) is 9.59 Å². The van der Waals surface area contributed by atoms with Crippen LogP contribution in [0.5, 0.6) is 5.75 Å². The van der Waals surface area contributed by atoms with Gasteiger partial charge in [0.05, 0.1) is 18.2 Å². The molecule has 6 nitrogen and oxygen atoms in total. The minimum Gasteiger partial charge on any atom is -0.489 e. The number of allylic oxidation sites excluding steroid dienone is 1. The van der Waals surface area contributed by atoms with Crippen LogP contribution in [0.3, 0.4) is 0 Å². The van der Waals surface area contributed by atoms with Crippen molar-refractivity contribution in [1.82, 2.24) is 10.6 Å². The molecule has 0 radical (unpaired) electrons. The van der Waals surface area contributed by atoms with Gasteiger partial charge in [-0.1, -0.05) is 41.9 Å². The van der Waals surface area contributed by atoms with Crippen molar-refractivity contribution in [3.8, 4) is 5.75 Å². The van der Waals surface area contributed by atoms with Crippen molar-refractivity contribution in [3.63, 3.8) is 0 Å². The molecule has 28 heavy (non-hydrogen) atoms. The second-order valence-corrected chi connectivity index (χ2v) is 6.65. The Morgan fingerprint density at radius 2 is 1.86 bits per heavy atom. The monoisotopic (exact) mass is 400 g/mol. The Morgan fingerprint density at radius 1 is 1.14 bits per heavy atom. The van der Waals surface area contributed by atoms with Crippen molar-refractivity contribution in [3.05, 3.63) is 76.0 Å². The predicted octanol–water partition coefficient (Wildman–Crippen LogP) is 4.11. The Labute approximate surface area is 168 Å². The van der Waals surface area contributed by atoms with Crippen LogP contribution in [0.25, 0.3) is 0 Å². The molecular formula is C21H21ClN2O4. The first-order valence-corrected chi connectivity index (χ1v) is 9.29. The first kappa shape index (κ1) is 19.8. The second kappa shape index (κ2) is 8.80. The average Bonchev–Trinajstić information content (AvgIpc) is 2.67. The minimum atomic E-state index is -0.592. The number of nitrogens with one attached hydrogen (secondary N) is 2. The average molecular weight is 401 g/mol. The normalized spacial score (nSPS) is 16.2.